The van der Waals surface area contributed by atoms with Gasteiger partial charge in [-0.3, -0.25) is 4.79 Å². The summed E-state index contributed by atoms with van der Waals surface area (Å²) in [6, 6.07) is 6.39. The van der Waals surface area contributed by atoms with E-state index < -0.39 is 17.5 Å². The summed E-state index contributed by atoms with van der Waals surface area (Å²) in [5, 5.41) is 0. The topological polar surface area (TPSA) is 42.9 Å². The summed E-state index contributed by atoms with van der Waals surface area (Å²) < 4.78 is 38.3. The van der Waals surface area contributed by atoms with Crippen LogP contribution in [-0.4, -0.2) is 15.8 Å². The van der Waals surface area contributed by atoms with Crippen LogP contribution in [0.1, 0.15) is 21.6 Å². The van der Waals surface area contributed by atoms with Gasteiger partial charge in [-0.25, -0.2) is 9.97 Å². The molecule has 1 heterocycles. The zero-order valence-electron chi connectivity index (χ0n) is 9.69. The van der Waals surface area contributed by atoms with Crippen LogP contribution in [0.5, 0.6) is 0 Å². The molecular weight excluding hydrogens is 257 g/mol. The number of Topliss-reactive ketones (excluding diaryl/α,β-unsaturated/α-hetero) is 1. The van der Waals surface area contributed by atoms with Crippen molar-refractivity contribution in [1.82, 2.24) is 9.97 Å². The van der Waals surface area contributed by atoms with Crippen molar-refractivity contribution in [3.63, 3.8) is 0 Å². The Hall–Kier alpha value is -2.24. The normalized spacial score (nSPS) is 11.3. The summed E-state index contributed by atoms with van der Waals surface area (Å²) >= 11 is 0. The van der Waals surface area contributed by atoms with Gasteiger partial charge in [-0.05, 0) is 17.7 Å². The first-order chi connectivity index (χ1) is 8.98. The van der Waals surface area contributed by atoms with Crippen molar-refractivity contribution in [2.24, 2.45) is 0 Å². The third kappa shape index (κ3) is 3.15. The van der Waals surface area contributed by atoms with E-state index in [0.717, 1.165) is 6.07 Å². The lowest BCUT2D eigenvalue weighted by Gasteiger charge is -2.11. The predicted octanol–water partition coefficient (Wildman–Crippen LogP) is 2.92. The molecule has 0 fully saturated rings. The van der Waals surface area contributed by atoms with E-state index in [2.05, 4.69) is 9.97 Å². The van der Waals surface area contributed by atoms with Gasteiger partial charge in [0.05, 0.1) is 5.56 Å². The van der Waals surface area contributed by atoms with Crippen molar-refractivity contribution >= 4 is 5.78 Å². The minimum atomic E-state index is -4.47. The maximum atomic E-state index is 12.8. The highest BCUT2D eigenvalue weighted by Gasteiger charge is 2.33. The molecule has 0 radical (unpaired) electrons. The maximum absolute atomic E-state index is 12.8. The minimum Gasteiger partial charge on any atom is -0.292 e. The summed E-state index contributed by atoms with van der Waals surface area (Å²) in [7, 11) is 0. The number of aromatic nitrogens is 2. The molecule has 19 heavy (non-hydrogen) atoms. The Kier molecular flexibility index (Phi) is 3.59. The molecule has 0 amide bonds. The van der Waals surface area contributed by atoms with Crippen LogP contribution in [0.3, 0.4) is 0 Å². The number of hydrogen-bond acceptors (Lipinski definition) is 3. The first-order valence-electron chi connectivity index (χ1n) is 5.43. The molecule has 0 aliphatic heterocycles. The van der Waals surface area contributed by atoms with Crippen LogP contribution in [0, 0.1) is 0 Å². The van der Waals surface area contributed by atoms with Gasteiger partial charge in [-0.1, -0.05) is 18.2 Å². The molecule has 6 heteroatoms. The summed E-state index contributed by atoms with van der Waals surface area (Å²) in [4.78, 5) is 19.2. The molecule has 2 aromatic rings. The molecule has 1 aromatic carbocycles. The lowest BCUT2D eigenvalue weighted by molar-refractivity contribution is -0.138. The van der Waals surface area contributed by atoms with Gasteiger partial charge in [0.25, 0.3) is 0 Å². The van der Waals surface area contributed by atoms with E-state index in [1.807, 2.05) is 0 Å². The van der Waals surface area contributed by atoms with E-state index in [1.165, 1.54) is 36.8 Å². The molecule has 0 aliphatic carbocycles. The number of carbonyl (C=O) groups excluding carboxylic acids is 1. The monoisotopic (exact) mass is 266 g/mol. The molecule has 0 aliphatic rings. The SMILES string of the molecule is O=C(Cc1ccccc1C(F)(F)F)c1ccncn1. The average molecular weight is 266 g/mol. The second-order valence-corrected chi connectivity index (χ2v) is 3.85. The number of rotatable bonds is 3. The third-order valence-electron chi connectivity index (χ3n) is 2.54. The molecule has 0 saturated carbocycles. The fraction of sp³-hybridized carbons (Fsp3) is 0.154. The van der Waals surface area contributed by atoms with Crippen molar-refractivity contribution in [2.45, 2.75) is 12.6 Å². The van der Waals surface area contributed by atoms with Crippen molar-refractivity contribution in [1.29, 1.82) is 0 Å². The Morgan fingerprint density at radius 3 is 2.53 bits per heavy atom. The highest BCUT2D eigenvalue weighted by atomic mass is 19.4. The Labute approximate surface area is 107 Å². The standard InChI is InChI=1S/C13H9F3N2O/c14-13(15,16)10-4-2-1-3-9(10)7-12(19)11-5-6-17-8-18-11/h1-6,8H,7H2. The fourth-order valence-electron chi connectivity index (χ4n) is 1.67. The van der Waals surface area contributed by atoms with E-state index in [-0.39, 0.29) is 17.7 Å². The molecule has 0 bridgehead atoms. The first kappa shape index (κ1) is 13.2. The molecule has 0 N–H and O–H groups in total. The molecular formula is C13H9F3N2O. The molecule has 3 nitrogen and oxygen atoms in total. The van der Waals surface area contributed by atoms with Crippen LogP contribution < -0.4 is 0 Å². The molecule has 0 atom stereocenters. The van der Waals surface area contributed by atoms with Crippen LogP contribution in [0.2, 0.25) is 0 Å². The van der Waals surface area contributed by atoms with E-state index in [9.17, 15) is 18.0 Å². The Bertz CT molecular complexity index is 582. The van der Waals surface area contributed by atoms with E-state index >= 15 is 0 Å². The molecule has 0 saturated heterocycles. The second-order valence-electron chi connectivity index (χ2n) is 3.85. The van der Waals surface area contributed by atoms with Gasteiger partial charge in [-0.15, -0.1) is 0 Å². The summed E-state index contributed by atoms with van der Waals surface area (Å²) in [6.07, 6.45) is -2.26. The first-order valence-corrected chi connectivity index (χ1v) is 5.43. The third-order valence-corrected chi connectivity index (χ3v) is 2.54. The summed E-state index contributed by atoms with van der Waals surface area (Å²) in [5.74, 6) is -0.473. The van der Waals surface area contributed by atoms with Crippen LogP contribution >= 0.6 is 0 Å². The van der Waals surface area contributed by atoms with Crippen molar-refractivity contribution < 1.29 is 18.0 Å². The zero-order chi connectivity index (χ0) is 13.9. The minimum absolute atomic E-state index is 0.0568. The molecule has 2 rings (SSSR count). The van der Waals surface area contributed by atoms with Crippen LogP contribution in [-0.2, 0) is 12.6 Å². The average Bonchev–Trinajstić information content (AvgIpc) is 2.39. The predicted molar refractivity (Wildman–Crippen MR) is 61.5 cm³/mol. The molecule has 98 valence electrons. The number of benzene rings is 1. The second kappa shape index (κ2) is 5.17. The quantitative estimate of drug-likeness (QED) is 0.802. The molecule has 1 aromatic heterocycles. The number of carbonyl (C=O) groups is 1. The van der Waals surface area contributed by atoms with Gasteiger partial charge in [0.1, 0.15) is 12.0 Å². The molecule has 0 unspecified atom stereocenters. The van der Waals surface area contributed by atoms with Crippen molar-refractivity contribution in [3.8, 4) is 0 Å². The van der Waals surface area contributed by atoms with Gasteiger partial charge in [0.2, 0.25) is 0 Å². The zero-order valence-corrected chi connectivity index (χ0v) is 9.69. The van der Waals surface area contributed by atoms with E-state index in [0.29, 0.717) is 0 Å². The Balaban J connectivity index is 2.28. The van der Waals surface area contributed by atoms with Crippen LogP contribution in [0.15, 0.2) is 42.9 Å². The number of ketones is 1. The largest absolute Gasteiger partial charge is 0.416 e. The smallest absolute Gasteiger partial charge is 0.292 e. The van der Waals surface area contributed by atoms with Gasteiger partial charge in [-0.2, -0.15) is 13.2 Å². The number of alkyl halides is 3. The fourth-order valence-corrected chi connectivity index (χ4v) is 1.67. The van der Waals surface area contributed by atoms with Crippen LogP contribution in [0.25, 0.3) is 0 Å². The van der Waals surface area contributed by atoms with Crippen LogP contribution in [0.4, 0.5) is 13.2 Å². The van der Waals surface area contributed by atoms with Crippen molar-refractivity contribution in [2.75, 3.05) is 0 Å². The van der Waals surface area contributed by atoms with Gasteiger partial charge >= 0.3 is 6.18 Å². The van der Waals surface area contributed by atoms with Gasteiger partial charge in [0.15, 0.2) is 5.78 Å². The van der Waals surface area contributed by atoms with E-state index in [4.69, 9.17) is 0 Å². The van der Waals surface area contributed by atoms with Gasteiger partial charge < -0.3 is 0 Å². The Morgan fingerprint density at radius 1 is 1.16 bits per heavy atom. The maximum Gasteiger partial charge on any atom is 0.416 e. The highest BCUT2D eigenvalue weighted by molar-refractivity contribution is 5.95. The summed E-state index contributed by atoms with van der Waals surface area (Å²) in [6.45, 7) is 0. The van der Waals surface area contributed by atoms with Gasteiger partial charge in [0, 0.05) is 12.6 Å². The lowest BCUT2D eigenvalue weighted by atomic mass is 10.0. The Morgan fingerprint density at radius 2 is 1.89 bits per heavy atom. The number of nitrogens with zero attached hydrogens (tertiary/aromatic N) is 2. The highest BCUT2D eigenvalue weighted by Crippen LogP contribution is 2.32. The van der Waals surface area contributed by atoms with Crippen molar-refractivity contribution in [3.05, 3.63) is 59.7 Å². The lowest BCUT2D eigenvalue weighted by Crippen LogP contribution is -2.13. The number of halogens is 3. The molecule has 0 spiro atoms. The summed E-state index contributed by atoms with van der Waals surface area (Å²) in [5.41, 5.74) is -0.747. The van der Waals surface area contributed by atoms with E-state index in [1.54, 1.807) is 0 Å². The number of hydrogen-bond donors (Lipinski definition) is 0.